The van der Waals surface area contributed by atoms with Crippen LogP contribution in [0.1, 0.15) is 12.6 Å². The van der Waals surface area contributed by atoms with E-state index in [1.54, 1.807) is 12.3 Å². The number of aromatic nitrogens is 1. The number of amidine groups is 1. The number of nitrogens with zero attached hydrogens (tertiary/aromatic N) is 1. The first kappa shape index (κ1) is 10.7. The lowest BCUT2D eigenvalue weighted by Crippen LogP contribution is -2.38. The Labute approximate surface area is 84.4 Å². The molecule has 0 spiro atoms. The molecule has 1 unspecified atom stereocenters. The molecule has 78 valence electrons. The molecule has 1 aromatic heterocycles. The lowest BCUT2D eigenvalue weighted by atomic mass is 10.3. The molecule has 1 atom stereocenters. The van der Waals surface area contributed by atoms with Gasteiger partial charge in [0.15, 0.2) is 5.84 Å². The monoisotopic (exact) mass is 216 g/mol. The van der Waals surface area contributed by atoms with E-state index < -0.39 is 0 Å². The van der Waals surface area contributed by atoms with Crippen LogP contribution in [0.3, 0.4) is 0 Å². The van der Waals surface area contributed by atoms with Crippen LogP contribution in [0, 0.1) is 0 Å². The summed E-state index contributed by atoms with van der Waals surface area (Å²) in [7, 11) is 0. The van der Waals surface area contributed by atoms with Crippen molar-refractivity contribution in [1.29, 1.82) is 0 Å². The van der Waals surface area contributed by atoms with Crippen LogP contribution in [0.2, 0.25) is 0 Å². The Morgan fingerprint density at radius 1 is 1.93 bits per heavy atom. The summed E-state index contributed by atoms with van der Waals surface area (Å²) in [6.45, 7) is 2.25. The number of H-pyrrole nitrogens is 1. The van der Waals surface area contributed by atoms with Crippen LogP contribution in [-0.4, -0.2) is 22.1 Å². The number of hydrogen-bond acceptors (Lipinski definition) is 5. The van der Waals surface area contributed by atoms with Gasteiger partial charge in [0, 0.05) is 17.6 Å². The molecular weight excluding hydrogens is 204 g/mol. The Morgan fingerprint density at radius 3 is 3.14 bits per heavy atom. The predicted molar refractivity (Wildman–Crippen MR) is 54.7 cm³/mol. The van der Waals surface area contributed by atoms with E-state index >= 15 is 0 Å². The minimum absolute atomic E-state index is 0.0850. The minimum atomic E-state index is -0.233. The first-order valence-corrected chi connectivity index (χ1v) is 4.89. The third-order valence-corrected chi connectivity index (χ3v) is 2.45. The highest BCUT2D eigenvalue weighted by atomic mass is 32.1. The summed E-state index contributed by atoms with van der Waals surface area (Å²) in [5, 5.41) is 16.0. The van der Waals surface area contributed by atoms with Crippen molar-refractivity contribution in [1.82, 2.24) is 10.3 Å². The van der Waals surface area contributed by atoms with Crippen LogP contribution in [0.4, 0.5) is 0 Å². The Hall–Kier alpha value is -1.34. The lowest BCUT2D eigenvalue weighted by molar-refractivity contribution is 0.315. The molecule has 0 bridgehead atoms. The van der Waals surface area contributed by atoms with Crippen molar-refractivity contribution in [3.05, 3.63) is 20.7 Å². The molecule has 0 aromatic carbocycles. The molecule has 0 aliphatic carbocycles. The van der Waals surface area contributed by atoms with E-state index in [1.807, 2.05) is 0 Å². The van der Waals surface area contributed by atoms with Crippen molar-refractivity contribution in [2.45, 2.75) is 19.5 Å². The fourth-order valence-corrected chi connectivity index (χ4v) is 1.44. The molecule has 0 saturated carbocycles. The second-order valence-corrected chi connectivity index (χ2v) is 3.64. The van der Waals surface area contributed by atoms with Crippen LogP contribution in [0.15, 0.2) is 15.3 Å². The molecule has 1 heterocycles. The normalized spacial score (nSPS) is 14.2. The number of aromatic amines is 1. The van der Waals surface area contributed by atoms with Gasteiger partial charge in [-0.15, -0.1) is 0 Å². The molecule has 1 aromatic rings. The van der Waals surface area contributed by atoms with Gasteiger partial charge in [-0.05, 0) is 6.92 Å². The Morgan fingerprint density at radius 2 is 2.64 bits per heavy atom. The average molecular weight is 216 g/mol. The van der Waals surface area contributed by atoms with Gasteiger partial charge >= 0.3 is 4.87 Å². The SMILES string of the molecule is CC(NCc1csc(=O)[nH]1)C(N)=NO. The second-order valence-electron chi connectivity index (χ2n) is 2.80. The molecule has 1 rings (SSSR count). The summed E-state index contributed by atoms with van der Waals surface area (Å²) in [5.41, 5.74) is 6.14. The van der Waals surface area contributed by atoms with Crippen molar-refractivity contribution in [3.8, 4) is 0 Å². The third kappa shape index (κ3) is 2.86. The van der Waals surface area contributed by atoms with Crippen molar-refractivity contribution in [2.75, 3.05) is 0 Å². The van der Waals surface area contributed by atoms with Gasteiger partial charge < -0.3 is 21.2 Å². The van der Waals surface area contributed by atoms with Crippen molar-refractivity contribution < 1.29 is 5.21 Å². The smallest absolute Gasteiger partial charge is 0.304 e. The van der Waals surface area contributed by atoms with Crippen LogP contribution in [-0.2, 0) is 6.54 Å². The van der Waals surface area contributed by atoms with Gasteiger partial charge in [0.25, 0.3) is 0 Å². The van der Waals surface area contributed by atoms with Gasteiger partial charge in [-0.2, -0.15) is 0 Å². The first-order chi connectivity index (χ1) is 6.63. The Kier molecular flexibility index (Phi) is 3.66. The molecule has 0 amide bonds. The maximum Gasteiger partial charge on any atom is 0.304 e. The van der Waals surface area contributed by atoms with Crippen molar-refractivity contribution in [2.24, 2.45) is 10.9 Å². The molecule has 14 heavy (non-hydrogen) atoms. The predicted octanol–water partition coefficient (Wildman–Crippen LogP) is -0.339. The summed E-state index contributed by atoms with van der Waals surface area (Å²) in [4.78, 5) is 13.3. The summed E-state index contributed by atoms with van der Waals surface area (Å²) in [6.07, 6.45) is 0. The van der Waals surface area contributed by atoms with Crippen LogP contribution in [0.5, 0.6) is 0 Å². The maximum atomic E-state index is 10.8. The summed E-state index contributed by atoms with van der Waals surface area (Å²) in [6, 6.07) is -0.233. The molecule has 6 nitrogen and oxygen atoms in total. The Balaban J connectivity index is 2.45. The van der Waals surface area contributed by atoms with Gasteiger partial charge in [-0.25, -0.2) is 0 Å². The van der Waals surface area contributed by atoms with Gasteiger partial charge in [0.2, 0.25) is 0 Å². The minimum Gasteiger partial charge on any atom is -0.409 e. The average Bonchev–Trinajstić information content (AvgIpc) is 2.59. The quantitative estimate of drug-likeness (QED) is 0.239. The lowest BCUT2D eigenvalue weighted by Gasteiger charge is -2.10. The van der Waals surface area contributed by atoms with Crippen molar-refractivity contribution >= 4 is 17.2 Å². The molecule has 5 N–H and O–H groups in total. The topological polar surface area (TPSA) is 104 Å². The number of nitrogens with two attached hydrogens (primary N) is 1. The van der Waals surface area contributed by atoms with Crippen molar-refractivity contribution in [3.63, 3.8) is 0 Å². The fourth-order valence-electron chi connectivity index (χ4n) is 0.855. The molecule has 0 aliphatic heterocycles. The van der Waals surface area contributed by atoms with Gasteiger partial charge in [-0.1, -0.05) is 16.5 Å². The van der Waals surface area contributed by atoms with Gasteiger partial charge in [0.05, 0.1) is 6.04 Å². The zero-order chi connectivity index (χ0) is 10.6. The van der Waals surface area contributed by atoms with Crippen LogP contribution < -0.4 is 15.9 Å². The fraction of sp³-hybridized carbons (Fsp3) is 0.429. The van der Waals surface area contributed by atoms with Crippen LogP contribution >= 0.6 is 11.3 Å². The van der Waals surface area contributed by atoms with E-state index in [4.69, 9.17) is 10.9 Å². The van der Waals surface area contributed by atoms with E-state index in [0.29, 0.717) is 6.54 Å². The number of hydrogen-bond donors (Lipinski definition) is 4. The number of rotatable bonds is 4. The standard InChI is InChI=1S/C7H12N4O2S/c1-4(6(8)11-13)9-2-5-3-14-7(12)10-5/h3-4,9,13H,2H2,1H3,(H2,8,11)(H,10,12). The van der Waals surface area contributed by atoms with E-state index in [1.165, 1.54) is 0 Å². The molecule has 0 aliphatic rings. The summed E-state index contributed by atoms with van der Waals surface area (Å²) >= 11 is 1.11. The molecule has 7 heteroatoms. The number of oxime groups is 1. The van der Waals surface area contributed by atoms with E-state index in [0.717, 1.165) is 17.0 Å². The van der Waals surface area contributed by atoms with E-state index in [9.17, 15) is 4.79 Å². The van der Waals surface area contributed by atoms with Gasteiger partial charge in [-0.3, -0.25) is 4.79 Å². The third-order valence-electron chi connectivity index (χ3n) is 1.73. The number of nitrogens with one attached hydrogen (secondary N) is 2. The highest BCUT2D eigenvalue weighted by Gasteiger charge is 2.06. The molecule has 0 radical (unpaired) electrons. The van der Waals surface area contributed by atoms with Gasteiger partial charge in [0.1, 0.15) is 0 Å². The Bertz CT molecular complexity index is 370. The highest BCUT2D eigenvalue weighted by Crippen LogP contribution is 1.95. The van der Waals surface area contributed by atoms with Crippen LogP contribution in [0.25, 0.3) is 0 Å². The zero-order valence-electron chi connectivity index (χ0n) is 7.65. The summed E-state index contributed by atoms with van der Waals surface area (Å²) in [5.74, 6) is 0.113. The first-order valence-electron chi connectivity index (χ1n) is 4.01. The maximum absolute atomic E-state index is 10.8. The molecular formula is C7H12N4O2S. The van der Waals surface area contributed by atoms with E-state index in [2.05, 4.69) is 15.5 Å². The molecule has 0 fully saturated rings. The second kappa shape index (κ2) is 4.77. The largest absolute Gasteiger partial charge is 0.409 e. The summed E-state index contributed by atoms with van der Waals surface area (Å²) < 4.78 is 0. The number of thiazole rings is 1. The van der Waals surface area contributed by atoms with E-state index in [-0.39, 0.29) is 16.8 Å². The zero-order valence-corrected chi connectivity index (χ0v) is 8.47. The molecule has 0 saturated heterocycles. The highest BCUT2D eigenvalue weighted by molar-refractivity contribution is 7.07.